The molecular formula is C11H14O4. The van der Waals surface area contributed by atoms with E-state index in [2.05, 4.69) is 0 Å². The number of carboxylic acid groups (broad SMARTS) is 1. The number of rotatable bonds is 1. The normalized spacial score (nSPS) is 40.3. The van der Waals surface area contributed by atoms with Gasteiger partial charge in [0.1, 0.15) is 11.7 Å². The van der Waals surface area contributed by atoms with Gasteiger partial charge < -0.3 is 5.11 Å². The number of hydrogen-bond acceptors (Lipinski definition) is 3. The van der Waals surface area contributed by atoms with Crippen molar-refractivity contribution in [1.29, 1.82) is 0 Å². The fraction of sp³-hybridized carbons (Fsp3) is 0.727. The lowest BCUT2D eigenvalue weighted by Crippen LogP contribution is -2.53. The zero-order valence-electron chi connectivity index (χ0n) is 8.66. The summed E-state index contributed by atoms with van der Waals surface area (Å²) in [5.41, 5.74) is -0.544. The third-order valence-corrected chi connectivity index (χ3v) is 3.61. The van der Waals surface area contributed by atoms with Crippen molar-refractivity contribution in [1.82, 2.24) is 0 Å². The van der Waals surface area contributed by atoms with Crippen LogP contribution in [0.3, 0.4) is 0 Å². The van der Waals surface area contributed by atoms with Gasteiger partial charge in [-0.15, -0.1) is 0 Å². The minimum Gasteiger partial charge on any atom is -0.481 e. The summed E-state index contributed by atoms with van der Waals surface area (Å²) in [6.07, 6.45) is 1.48. The molecule has 1 spiro atoms. The summed E-state index contributed by atoms with van der Waals surface area (Å²) in [4.78, 5) is 34.0. The van der Waals surface area contributed by atoms with Crippen molar-refractivity contribution in [3.05, 3.63) is 0 Å². The van der Waals surface area contributed by atoms with E-state index >= 15 is 0 Å². The lowest BCUT2D eigenvalue weighted by atomic mass is 9.51. The SMILES string of the molecule is CC1CC2(CC(=O)CC(=O)C2C(=O)O)C1. The number of aliphatic carboxylic acids is 1. The maximum atomic E-state index is 11.6. The smallest absolute Gasteiger partial charge is 0.314 e. The summed E-state index contributed by atoms with van der Waals surface area (Å²) in [5, 5.41) is 9.05. The van der Waals surface area contributed by atoms with Gasteiger partial charge in [0.25, 0.3) is 0 Å². The number of ketones is 2. The summed E-state index contributed by atoms with van der Waals surface area (Å²) in [6.45, 7) is 2.02. The van der Waals surface area contributed by atoms with Gasteiger partial charge in [0.05, 0.1) is 6.42 Å². The summed E-state index contributed by atoms with van der Waals surface area (Å²) >= 11 is 0. The highest BCUT2D eigenvalue weighted by molar-refractivity contribution is 6.11. The van der Waals surface area contributed by atoms with Crippen LogP contribution in [0.15, 0.2) is 0 Å². The molecule has 4 heteroatoms. The highest BCUT2D eigenvalue weighted by Crippen LogP contribution is 2.55. The fourth-order valence-corrected chi connectivity index (χ4v) is 3.30. The number of carbonyl (C=O) groups is 3. The molecule has 1 unspecified atom stereocenters. The van der Waals surface area contributed by atoms with E-state index in [1.165, 1.54) is 0 Å². The Morgan fingerprint density at radius 1 is 1.40 bits per heavy atom. The molecule has 0 heterocycles. The lowest BCUT2D eigenvalue weighted by Gasteiger charge is -2.51. The minimum atomic E-state index is -1.06. The number of carboxylic acids is 1. The van der Waals surface area contributed by atoms with E-state index in [1.807, 2.05) is 6.92 Å². The first-order valence-electron chi connectivity index (χ1n) is 5.22. The molecule has 2 aliphatic rings. The van der Waals surface area contributed by atoms with E-state index < -0.39 is 23.1 Å². The number of carbonyl (C=O) groups excluding carboxylic acids is 2. The van der Waals surface area contributed by atoms with Gasteiger partial charge >= 0.3 is 5.97 Å². The summed E-state index contributed by atoms with van der Waals surface area (Å²) < 4.78 is 0. The van der Waals surface area contributed by atoms with Crippen LogP contribution in [0.1, 0.15) is 32.6 Å². The molecule has 1 N–H and O–H groups in total. The highest BCUT2D eigenvalue weighted by atomic mass is 16.4. The third-order valence-electron chi connectivity index (χ3n) is 3.61. The maximum Gasteiger partial charge on any atom is 0.314 e. The number of hydrogen-bond donors (Lipinski definition) is 1. The van der Waals surface area contributed by atoms with Gasteiger partial charge in [-0.05, 0) is 24.2 Å². The van der Waals surface area contributed by atoms with Gasteiger partial charge in [-0.1, -0.05) is 6.92 Å². The second kappa shape index (κ2) is 3.15. The van der Waals surface area contributed by atoms with E-state index in [0.717, 1.165) is 0 Å². The van der Waals surface area contributed by atoms with Crippen LogP contribution >= 0.6 is 0 Å². The van der Waals surface area contributed by atoms with Crippen molar-refractivity contribution >= 4 is 17.5 Å². The molecule has 1 atom stereocenters. The molecule has 0 aromatic carbocycles. The van der Waals surface area contributed by atoms with E-state index in [9.17, 15) is 14.4 Å². The Labute approximate surface area is 87.7 Å². The third kappa shape index (κ3) is 1.48. The minimum absolute atomic E-state index is 0.0931. The summed E-state index contributed by atoms with van der Waals surface area (Å²) in [5.74, 6) is -2.05. The van der Waals surface area contributed by atoms with E-state index in [-0.39, 0.29) is 18.6 Å². The molecule has 0 aromatic rings. The molecule has 2 aliphatic carbocycles. The van der Waals surface area contributed by atoms with Gasteiger partial charge in [-0.3, -0.25) is 14.4 Å². The van der Waals surface area contributed by atoms with Gasteiger partial charge in [0, 0.05) is 6.42 Å². The topological polar surface area (TPSA) is 71.4 Å². The second-order valence-corrected chi connectivity index (χ2v) is 5.01. The van der Waals surface area contributed by atoms with Crippen molar-refractivity contribution < 1.29 is 19.5 Å². The van der Waals surface area contributed by atoms with Gasteiger partial charge in [0.2, 0.25) is 0 Å². The lowest BCUT2D eigenvalue weighted by molar-refractivity contribution is -0.163. The van der Waals surface area contributed by atoms with Crippen molar-refractivity contribution in [3.8, 4) is 0 Å². The largest absolute Gasteiger partial charge is 0.481 e. The first-order chi connectivity index (χ1) is 6.94. The molecule has 0 amide bonds. The Hall–Kier alpha value is -1.19. The molecule has 2 rings (SSSR count). The van der Waals surface area contributed by atoms with Crippen LogP contribution in [0.2, 0.25) is 0 Å². The van der Waals surface area contributed by atoms with Crippen molar-refractivity contribution in [2.24, 2.45) is 17.3 Å². The standard InChI is InChI=1S/C11H14O4/c1-6-3-11(4-6)5-7(12)2-8(13)9(11)10(14)15/h6,9H,2-5H2,1H3,(H,14,15). The highest BCUT2D eigenvalue weighted by Gasteiger charge is 2.57. The number of Topliss-reactive ketones (excluding diaryl/α,β-unsaturated/α-hetero) is 2. The van der Waals surface area contributed by atoms with E-state index in [4.69, 9.17) is 5.11 Å². The van der Waals surface area contributed by atoms with Crippen LogP contribution in [-0.4, -0.2) is 22.6 Å². The van der Waals surface area contributed by atoms with Gasteiger partial charge in [0.15, 0.2) is 5.78 Å². The average molecular weight is 210 g/mol. The van der Waals surface area contributed by atoms with Crippen LogP contribution in [0.25, 0.3) is 0 Å². The van der Waals surface area contributed by atoms with Crippen molar-refractivity contribution in [2.45, 2.75) is 32.6 Å². The van der Waals surface area contributed by atoms with Crippen LogP contribution in [0.5, 0.6) is 0 Å². The molecule has 0 radical (unpaired) electrons. The predicted molar refractivity (Wildman–Crippen MR) is 51.2 cm³/mol. The summed E-state index contributed by atoms with van der Waals surface area (Å²) in [6, 6.07) is 0. The first-order valence-corrected chi connectivity index (χ1v) is 5.22. The monoisotopic (exact) mass is 210 g/mol. The molecule has 2 fully saturated rings. The predicted octanol–water partition coefficient (Wildman–Crippen LogP) is 1.04. The molecule has 4 nitrogen and oxygen atoms in total. The Morgan fingerprint density at radius 3 is 2.47 bits per heavy atom. The van der Waals surface area contributed by atoms with Gasteiger partial charge in [-0.25, -0.2) is 0 Å². The van der Waals surface area contributed by atoms with Crippen LogP contribution < -0.4 is 0 Å². The fourth-order valence-electron chi connectivity index (χ4n) is 3.30. The van der Waals surface area contributed by atoms with E-state index in [1.54, 1.807) is 0 Å². The molecule has 0 aromatic heterocycles. The molecule has 2 saturated carbocycles. The van der Waals surface area contributed by atoms with E-state index in [0.29, 0.717) is 18.8 Å². The molecular weight excluding hydrogens is 196 g/mol. The van der Waals surface area contributed by atoms with Crippen molar-refractivity contribution in [2.75, 3.05) is 0 Å². The maximum absolute atomic E-state index is 11.6. The van der Waals surface area contributed by atoms with Crippen LogP contribution in [0, 0.1) is 17.3 Å². The quantitative estimate of drug-likeness (QED) is 0.656. The molecule has 0 aliphatic heterocycles. The Kier molecular flexibility index (Phi) is 2.17. The Morgan fingerprint density at radius 2 is 2.00 bits per heavy atom. The van der Waals surface area contributed by atoms with Crippen LogP contribution in [0.4, 0.5) is 0 Å². The zero-order chi connectivity index (χ0) is 11.2. The molecule has 15 heavy (non-hydrogen) atoms. The average Bonchev–Trinajstić information content (AvgIpc) is 1.98. The van der Waals surface area contributed by atoms with Gasteiger partial charge in [-0.2, -0.15) is 0 Å². The molecule has 0 bridgehead atoms. The zero-order valence-corrected chi connectivity index (χ0v) is 8.66. The molecule has 0 saturated heterocycles. The Bertz CT molecular complexity index is 338. The Balaban J connectivity index is 2.28. The first kappa shape index (κ1) is 10.3. The summed E-state index contributed by atoms with van der Waals surface area (Å²) in [7, 11) is 0. The molecule has 82 valence electrons. The van der Waals surface area contributed by atoms with Crippen LogP contribution in [-0.2, 0) is 14.4 Å². The second-order valence-electron chi connectivity index (χ2n) is 5.01. The van der Waals surface area contributed by atoms with Crippen molar-refractivity contribution in [3.63, 3.8) is 0 Å².